The van der Waals surface area contributed by atoms with E-state index in [2.05, 4.69) is 10.4 Å². The molecule has 33 heavy (non-hydrogen) atoms. The van der Waals surface area contributed by atoms with Crippen molar-refractivity contribution in [2.24, 2.45) is 7.05 Å². The van der Waals surface area contributed by atoms with Crippen molar-refractivity contribution in [1.29, 1.82) is 0 Å². The number of nitrogens with one attached hydrogen (secondary N) is 1. The van der Waals surface area contributed by atoms with Gasteiger partial charge in [0.05, 0.1) is 11.4 Å². The summed E-state index contributed by atoms with van der Waals surface area (Å²) in [6.07, 6.45) is 3.96. The smallest absolute Gasteiger partial charge is 0.273 e. The Morgan fingerprint density at radius 2 is 1.70 bits per heavy atom. The number of pyridine rings is 1. The number of halogens is 1. The van der Waals surface area contributed by atoms with Gasteiger partial charge in [-0.1, -0.05) is 12.1 Å². The summed E-state index contributed by atoms with van der Waals surface area (Å²) in [7, 11) is 1.71. The van der Waals surface area contributed by atoms with Crippen LogP contribution in [0.2, 0.25) is 0 Å². The van der Waals surface area contributed by atoms with Gasteiger partial charge in [0.15, 0.2) is 0 Å². The molecule has 1 N–H and O–H groups in total. The Kier molecular flexibility index (Phi) is 5.01. The van der Waals surface area contributed by atoms with E-state index in [9.17, 15) is 9.18 Å². The van der Waals surface area contributed by atoms with Gasteiger partial charge in [-0.05, 0) is 73.5 Å². The molecule has 0 spiro atoms. The van der Waals surface area contributed by atoms with E-state index >= 15 is 0 Å². The molecule has 0 atom stereocenters. The molecule has 0 fully saturated rings. The SMILES string of the molecule is Cc1ccn2cc(-c3ccc(C)c(NC(=O)c4cc(-c5ccc(F)cc5)nn4C)c3)nc2c1. The number of anilines is 1. The first-order chi connectivity index (χ1) is 15.9. The van der Waals surface area contributed by atoms with Crippen LogP contribution in [0.15, 0.2) is 73.1 Å². The normalized spacial score (nSPS) is 11.2. The molecular weight excluding hydrogens is 417 g/mol. The summed E-state index contributed by atoms with van der Waals surface area (Å²) in [5, 5.41) is 7.41. The molecule has 0 aliphatic rings. The number of nitrogens with zero attached hydrogens (tertiary/aromatic N) is 4. The number of rotatable bonds is 4. The summed E-state index contributed by atoms with van der Waals surface area (Å²) in [4.78, 5) is 17.8. The van der Waals surface area contributed by atoms with Crippen molar-refractivity contribution in [2.45, 2.75) is 13.8 Å². The highest BCUT2D eigenvalue weighted by atomic mass is 19.1. The topological polar surface area (TPSA) is 64.2 Å². The Morgan fingerprint density at radius 1 is 0.939 bits per heavy atom. The minimum absolute atomic E-state index is 0.274. The third-order valence-electron chi connectivity index (χ3n) is 5.65. The molecule has 7 heteroatoms. The zero-order valence-electron chi connectivity index (χ0n) is 18.5. The quantitative estimate of drug-likeness (QED) is 0.407. The standard InChI is InChI=1S/C26H22FN5O/c1-16-10-11-32-15-23(28-25(32)12-16)19-5-4-17(2)21(13-19)29-26(33)24-14-22(30-31(24)3)18-6-8-20(27)9-7-18/h4-15H,1-3H3,(H,29,33). The molecule has 5 rings (SSSR count). The first kappa shape index (κ1) is 20.6. The molecule has 1 amide bonds. The summed E-state index contributed by atoms with van der Waals surface area (Å²) >= 11 is 0. The van der Waals surface area contributed by atoms with Gasteiger partial charge in [-0.3, -0.25) is 9.48 Å². The van der Waals surface area contributed by atoms with E-state index in [1.807, 2.05) is 61.0 Å². The fourth-order valence-corrected chi connectivity index (χ4v) is 3.77. The lowest BCUT2D eigenvalue weighted by Crippen LogP contribution is -2.16. The van der Waals surface area contributed by atoms with Gasteiger partial charge in [-0.2, -0.15) is 5.10 Å². The van der Waals surface area contributed by atoms with Gasteiger partial charge in [-0.15, -0.1) is 0 Å². The summed E-state index contributed by atoms with van der Waals surface area (Å²) < 4.78 is 16.7. The van der Waals surface area contributed by atoms with Crippen molar-refractivity contribution in [1.82, 2.24) is 19.2 Å². The number of fused-ring (bicyclic) bond motifs is 1. The zero-order chi connectivity index (χ0) is 23.1. The lowest BCUT2D eigenvalue weighted by atomic mass is 10.1. The number of aryl methyl sites for hydroxylation is 3. The molecule has 0 aliphatic heterocycles. The van der Waals surface area contributed by atoms with Crippen LogP contribution in [0.1, 0.15) is 21.6 Å². The molecule has 3 aromatic heterocycles. The van der Waals surface area contributed by atoms with Crippen LogP contribution in [-0.2, 0) is 7.05 Å². The highest BCUT2D eigenvalue weighted by molar-refractivity contribution is 6.04. The fourth-order valence-electron chi connectivity index (χ4n) is 3.77. The van der Waals surface area contributed by atoms with Crippen molar-refractivity contribution >= 4 is 17.2 Å². The fraction of sp³-hybridized carbons (Fsp3) is 0.115. The Balaban J connectivity index is 1.43. The van der Waals surface area contributed by atoms with E-state index in [4.69, 9.17) is 4.98 Å². The van der Waals surface area contributed by atoms with Gasteiger partial charge < -0.3 is 9.72 Å². The molecule has 0 bridgehead atoms. The van der Waals surface area contributed by atoms with Gasteiger partial charge in [0.25, 0.3) is 5.91 Å². The number of hydrogen-bond donors (Lipinski definition) is 1. The third-order valence-corrected chi connectivity index (χ3v) is 5.65. The van der Waals surface area contributed by atoms with Gasteiger partial charge in [-0.25, -0.2) is 9.37 Å². The summed E-state index contributed by atoms with van der Waals surface area (Å²) in [5.41, 5.74) is 7.15. The van der Waals surface area contributed by atoms with E-state index in [0.29, 0.717) is 17.1 Å². The van der Waals surface area contributed by atoms with E-state index in [1.165, 1.54) is 16.8 Å². The molecule has 0 saturated heterocycles. The van der Waals surface area contributed by atoms with Crippen LogP contribution >= 0.6 is 0 Å². The third kappa shape index (κ3) is 4.01. The second kappa shape index (κ2) is 8.02. The number of imidazole rings is 1. The van der Waals surface area contributed by atoms with E-state index in [-0.39, 0.29) is 11.7 Å². The molecule has 5 aromatic rings. The van der Waals surface area contributed by atoms with Gasteiger partial charge in [0.2, 0.25) is 0 Å². The lowest BCUT2D eigenvalue weighted by Gasteiger charge is -2.10. The van der Waals surface area contributed by atoms with Crippen LogP contribution in [0.4, 0.5) is 10.1 Å². The first-order valence-corrected chi connectivity index (χ1v) is 10.5. The monoisotopic (exact) mass is 439 g/mol. The summed E-state index contributed by atoms with van der Waals surface area (Å²) in [6.45, 7) is 3.98. The molecule has 3 heterocycles. The predicted molar refractivity (Wildman–Crippen MR) is 127 cm³/mol. The number of aromatic nitrogens is 4. The number of benzene rings is 2. The van der Waals surface area contributed by atoms with Crippen LogP contribution in [0, 0.1) is 19.7 Å². The van der Waals surface area contributed by atoms with Crippen LogP contribution in [0.3, 0.4) is 0 Å². The zero-order valence-corrected chi connectivity index (χ0v) is 18.5. The van der Waals surface area contributed by atoms with E-state index in [0.717, 1.165) is 33.6 Å². The molecular formula is C26H22FN5O. The Labute approximate surface area is 190 Å². The van der Waals surface area contributed by atoms with E-state index < -0.39 is 0 Å². The Bertz CT molecular complexity index is 1500. The van der Waals surface area contributed by atoms with Crippen molar-refractivity contribution in [2.75, 3.05) is 5.32 Å². The largest absolute Gasteiger partial charge is 0.320 e. The first-order valence-electron chi connectivity index (χ1n) is 10.5. The molecule has 0 aliphatic carbocycles. The molecule has 0 radical (unpaired) electrons. The van der Waals surface area contributed by atoms with Gasteiger partial charge in [0, 0.05) is 36.3 Å². The van der Waals surface area contributed by atoms with Gasteiger partial charge in [0.1, 0.15) is 17.2 Å². The maximum absolute atomic E-state index is 13.2. The maximum atomic E-state index is 13.2. The minimum atomic E-state index is -0.316. The molecule has 0 saturated carbocycles. The van der Waals surface area contributed by atoms with Crippen LogP contribution in [0.25, 0.3) is 28.2 Å². The number of amides is 1. The van der Waals surface area contributed by atoms with Crippen LogP contribution in [0.5, 0.6) is 0 Å². The predicted octanol–water partition coefficient (Wildman–Crippen LogP) is 5.41. The van der Waals surface area contributed by atoms with Crippen LogP contribution < -0.4 is 5.32 Å². The number of hydrogen-bond acceptors (Lipinski definition) is 3. The average Bonchev–Trinajstić information content (AvgIpc) is 3.39. The highest BCUT2D eigenvalue weighted by Crippen LogP contribution is 2.26. The molecule has 164 valence electrons. The van der Waals surface area contributed by atoms with Crippen molar-refractivity contribution in [3.63, 3.8) is 0 Å². The lowest BCUT2D eigenvalue weighted by molar-refractivity contribution is 0.101. The molecule has 2 aromatic carbocycles. The summed E-state index contributed by atoms with van der Waals surface area (Å²) in [5.74, 6) is -0.590. The summed E-state index contributed by atoms with van der Waals surface area (Å²) in [6, 6.07) is 17.7. The second-order valence-corrected chi connectivity index (χ2v) is 8.12. The number of carbonyl (C=O) groups is 1. The Hall–Kier alpha value is -4.26. The van der Waals surface area contributed by atoms with Crippen molar-refractivity contribution < 1.29 is 9.18 Å². The second-order valence-electron chi connectivity index (χ2n) is 8.12. The van der Waals surface area contributed by atoms with Crippen LogP contribution in [-0.4, -0.2) is 25.1 Å². The van der Waals surface area contributed by atoms with E-state index in [1.54, 1.807) is 25.2 Å². The number of carbonyl (C=O) groups excluding carboxylic acids is 1. The van der Waals surface area contributed by atoms with Crippen molar-refractivity contribution in [3.05, 3.63) is 95.7 Å². The van der Waals surface area contributed by atoms with Gasteiger partial charge >= 0.3 is 0 Å². The minimum Gasteiger partial charge on any atom is -0.320 e. The molecule has 0 unspecified atom stereocenters. The Morgan fingerprint density at radius 3 is 2.48 bits per heavy atom. The molecule has 6 nitrogen and oxygen atoms in total. The maximum Gasteiger partial charge on any atom is 0.273 e. The van der Waals surface area contributed by atoms with Crippen molar-refractivity contribution in [3.8, 4) is 22.5 Å². The highest BCUT2D eigenvalue weighted by Gasteiger charge is 2.16. The average molecular weight is 439 g/mol.